The molecule has 3 aromatic rings. The second-order valence-corrected chi connectivity index (χ2v) is 5.85. The molecule has 0 aliphatic rings. The maximum Gasteiger partial charge on any atom is 0.418 e. The molecule has 8 heteroatoms. The van der Waals surface area contributed by atoms with Crippen molar-refractivity contribution in [3.8, 4) is 0 Å². The van der Waals surface area contributed by atoms with Gasteiger partial charge in [0, 0.05) is 17.8 Å². The van der Waals surface area contributed by atoms with Crippen LogP contribution in [0.1, 0.15) is 11.1 Å². The van der Waals surface area contributed by atoms with E-state index in [0.29, 0.717) is 17.4 Å². The van der Waals surface area contributed by atoms with Gasteiger partial charge < -0.3 is 10.6 Å². The Morgan fingerprint density at radius 1 is 0.962 bits per heavy atom. The summed E-state index contributed by atoms with van der Waals surface area (Å²) in [4.78, 5) is 8.17. The summed E-state index contributed by atoms with van der Waals surface area (Å²) in [5.41, 5.74) is 0.114. The predicted octanol–water partition coefficient (Wildman–Crippen LogP) is 5.50. The molecule has 0 radical (unpaired) electrons. The lowest BCUT2D eigenvalue weighted by molar-refractivity contribution is -0.136. The molecule has 0 saturated heterocycles. The Labute approximate surface area is 153 Å². The van der Waals surface area contributed by atoms with Crippen molar-refractivity contribution in [1.29, 1.82) is 0 Å². The van der Waals surface area contributed by atoms with E-state index >= 15 is 0 Å². The molecule has 2 aromatic carbocycles. The van der Waals surface area contributed by atoms with Gasteiger partial charge in [0.05, 0.1) is 11.3 Å². The Kier molecular flexibility index (Phi) is 5.27. The fourth-order valence-corrected chi connectivity index (χ4v) is 2.40. The van der Waals surface area contributed by atoms with Crippen LogP contribution in [0, 0.1) is 0 Å². The van der Waals surface area contributed by atoms with Crippen LogP contribution in [-0.2, 0) is 12.7 Å². The van der Waals surface area contributed by atoms with Crippen LogP contribution in [-0.4, -0.2) is 9.97 Å². The van der Waals surface area contributed by atoms with Gasteiger partial charge in [-0.2, -0.15) is 18.2 Å². The molecule has 134 valence electrons. The molecule has 0 amide bonds. The average molecular weight is 379 g/mol. The summed E-state index contributed by atoms with van der Waals surface area (Å²) in [6.07, 6.45) is -3.00. The molecule has 0 atom stereocenters. The molecule has 0 unspecified atom stereocenters. The van der Waals surface area contributed by atoms with Gasteiger partial charge in [-0.1, -0.05) is 35.9 Å². The normalized spacial score (nSPS) is 11.2. The van der Waals surface area contributed by atoms with E-state index < -0.39 is 11.7 Å². The Balaban J connectivity index is 1.73. The summed E-state index contributed by atoms with van der Waals surface area (Å²) in [5, 5.41) is 6.36. The summed E-state index contributed by atoms with van der Waals surface area (Å²) in [6, 6.07) is 14.1. The molecule has 0 bridgehead atoms. The van der Waals surface area contributed by atoms with Gasteiger partial charge in [-0.05, 0) is 35.9 Å². The maximum atomic E-state index is 13.1. The third-order valence-electron chi connectivity index (χ3n) is 3.52. The van der Waals surface area contributed by atoms with Crippen molar-refractivity contribution in [3.05, 3.63) is 76.9 Å². The van der Waals surface area contributed by atoms with Crippen molar-refractivity contribution in [2.75, 3.05) is 10.6 Å². The summed E-state index contributed by atoms with van der Waals surface area (Å²) in [6.45, 7) is 0.493. The SMILES string of the molecule is FC(F)(F)c1ccccc1Nc1nccc(NCc2ccc(Cl)cc2)n1. The van der Waals surface area contributed by atoms with Crippen molar-refractivity contribution >= 4 is 29.1 Å². The first-order valence-corrected chi connectivity index (χ1v) is 8.04. The van der Waals surface area contributed by atoms with Gasteiger partial charge in [-0.15, -0.1) is 0 Å². The number of para-hydroxylation sites is 1. The lowest BCUT2D eigenvalue weighted by Crippen LogP contribution is -2.10. The van der Waals surface area contributed by atoms with E-state index in [2.05, 4.69) is 20.6 Å². The van der Waals surface area contributed by atoms with Crippen molar-refractivity contribution in [2.24, 2.45) is 0 Å². The highest BCUT2D eigenvalue weighted by atomic mass is 35.5. The topological polar surface area (TPSA) is 49.8 Å². The first kappa shape index (κ1) is 18.0. The average Bonchev–Trinajstić information content (AvgIpc) is 2.61. The van der Waals surface area contributed by atoms with E-state index in [1.54, 1.807) is 18.2 Å². The molecule has 0 fully saturated rings. The van der Waals surface area contributed by atoms with Gasteiger partial charge in [0.2, 0.25) is 5.95 Å². The van der Waals surface area contributed by atoms with Crippen LogP contribution in [0.15, 0.2) is 60.8 Å². The van der Waals surface area contributed by atoms with Crippen LogP contribution in [0.3, 0.4) is 0 Å². The van der Waals surface area contributed by atoms with E-state index in [9.17, 15) is 13.2 Å². The van der Waals surface area contributed by atoms with Crippen LogP contribution in [0.4, 0.5) is 30.6 Å². The predicted molar refractivity (Wildman–Crippen MR) is 95.5 cm³/mol. The third kappa shape index (κ3) is 4.64. The third-order valence-corrected chi connectivity index (χ3v) is 3.77. The smallest absolute Gasteiger partial charge is 0.366 e. The van der Waals surface area contributed by atoms with Gasteiger partial charge in [-0.3, -0.25) is 0 Å². The number of benzene rings is 2. The lowest BCUT2D eigenvalue weighted by atomic mass is 10.1. The lowest BCUT2D eigenvalue weighted by Gasteiger charge is -2.14. The van der Waals surface area contributed by atoms with Crippen molar-refractivity contribution in [3.63, 3.8) is 0 Å². The van der Waals surface area contributed by atoms with Crippen LogP contribution in [0.25, 0.3) is 0 Å². The van der Waals surface area contributed by atoms with Crippen molar-refractivity contribution in [2.45, 2.75) is 12.7 Å². The van der Waals surface area contributed by atoms with E-state index in [0.717, 1.165) is 11.6 Å². The van der Waals surface area contributed by atoms with Gasteiger partial charge in [0.25, 0.3) is 0 Å². The Bertz CT molecular complexity index is 882. The van der Waals surface area contributed by atoms with Gasteiger partial charge >= 0.3 is 6.18 Å². The van der Waals surface area contributed by atoms with E-state index in [1.165, 1.54) is 24.4 Å². The van der Waals surface area contributed by atoms with Gasteiger partial charge in [0.15, 0.2) is 0 Å². The zero-order valence-corrected chi connectivity index (χ0v) is 14.1. The molecular weight excluding hydrogens is 365 g/mol. The second-order valence-electron chi connectivity index (χ2n) is 5.41. The van der Waals surface area contributed by atoms with Crippen molar-refractivity contribution < 1.29 is 13.2 Å². The molecule has 26 heavy (non-hydrogen) atoms. The first-order chi connectivity index (χ1) is 12.4. The quantitative estimate of drug-likeness (QED) is 0.615. The van der Waals surface area contributed by atoms with Gasteiger partial charge in [0.1, 0.15) is 5.82 Å². The molecule has 3 rings (SSSR count). The summed E-state index contributed by atoms with van der Waals surface area (Å²) < 4.78 is 39.2. The Morgan fingerprint density at radius 3 is 2.42 bits per heavy atom. The zero-order valence-electron chi connectivity index (χ0n) is 13.4. The Hall–Kier alpha value is -2.80. The number of hydrogen-bond donors (Lipinski definition) is 2. The van der Waals surface area contributed by atoms with Crippen molar-refractivity contribution in [1.82, 2.24) is 9.97 Å². The van der Waals surface area contributed by atoms with Crippen LogP contribution < -0.4 is 10.6 Å². The zero-order chi connectivity index (χ0) is 18.6. The minimum absolute atomic E-state index is 0.0720. The maximum absolute atomic E-state index is 13.1. The molecule has 4 nitrogen and oxygen atoms in total. The number of aromatic nitrogens is 2. The highest BCUT2D eigenvalue weighted by Gasteiger charge is 2.33. The Morgan fingerprint density at radius 2 is 1.69 bits per heavy atom. The minimum atomic E-state index is -4.46. The number of hydrogen-bond acceptors (Lipinski definition) is 4. The molecule has 1 heterocycles. The number of alkyl halides is 3. The van der Waals surface area contributed by atoms with E-state index in [4.69, 9.17) is 11.6 Å². The van der Waals surface area contributed by atoms with Crippen LogP contribution >= 0.6 is 11.6 Å². The largest absolute Gasteiger partial charge is 0.418 e. The summed E-state index contributed by atoms with van der Waals surface area (Å²) in [5.74, 6) is 0.560. The highest BCUT2D eigenvalue weighted by Crippen LogP contribution is 2.35. The number of nitrogens with zero attached hydrogens (tertiary/aromatic N) is 2. The molecule has 0 spiro atoms. The first-order valence-electron chi connectivity index (χ1n) is 7.66. The number of rotatable bonds is 5. The molecule has 0 aliphatic carbocycles. The molecular formula is C18H14ClF3N4. The summed E-state index contributed by atoms with van der Waals surface area (Å²) >= 11 is 5.84. The summed E-state index contributed by atoms with van der Waals surface area (Å²) in [7, 11) is 0. The number of nitrogens with one attached hydrogen (secondary N) is 2. The number of anilines is 3. The fourth-order valence-electron chi connectivity index (χ4n) is 2.27. The molecule has 1 aromatic heterocycles. The van der Waals surface area contributed by atoms with Gasteiger partial charge in [-0.25, -0.2) is 4.98 Å². The molecule has 0 saturated carbocycles. The standard InChI is InChI=1S/C18H14ClF3N4/c19-13-7-5-12(6-8-13)11-24-16-9-10-23-17(26-16)25-15-4-2-1-3-14(15)18(20,21)22/h1-10H,11H2,(H2,23,24,25,26). The fraction of sp³-hybridized carbons (Fsp3) is 0.111. The molecule has 2 N–H and O–H groups in total. The monoisotopic (exact) mass is 378 g/mol. The van der Waals surface area contributed by atoms with E-state index in [-0.39, 0.29) is 11.6 Å². The highest BCUT2D eigenvalue weighted by molar-refractivity contribution is 6.30. The molecule has 0 aliphatic heterocycles. The van der Waals surface area contributed by atoms with E-state index in [1.807, 2.05) is 12.1 Å². The van der Waals surface area contributed by atoms with Crippen LogP contribution in [0.5, 0.6) is 0 Å². The second kappa shape index (κ2) is 7.61. The van der Waals surface area contributed by atoms with Crippen LogP contribution in [0.2, 0.25) is 5.02 Å². The number of halogens is 4. The minimum Gasteiger partial charge on any atom is -0.366 e.